The van der Waals surface area contributed by atoms with E-state index in [1.807, 2.05) is 0 Å². The minimum absolute atomic E-state index is 0.338. The summed E-state index contributed by atoms with van der Waals surface area (Å²) >= 11 is 0. The fourth-order valence-corrected chi connectivity index (χ4v) is 2.41. The summed E-state index contributed by atoms with van der Waals surface area (Å²) in [5.74, 6) is 1.72. The average molecular weight is 196 g/mol. The molecule has 0 fully saturated rings. The Bertz CT molecular complexity index is 203. The maximum absolute atomic E-state index is 8.80. The van der Waals surface area contributed by atoms with Crippen molar-refractivity contribution in [3.63, 3.8) is 0 Å². The van der Waals surface area contributed by atoms with E-state index in [9.17, 15) is 0 Å². The zero-order valence-electron chi connectivity index (χ0n) is 9.84. The van der Waals surface area contributed by atoms with Crippen LogP contribution in [0.5, 0.6) is 0 Å². The van der Waals surface area contributed by atoms with Gasteiger partial charge < -0.3 is 5.11 Å². The Morgan fingerprint density at radius 3 is 2.64 bits per heavy atom. The Morgan fingerprint density at radius 1 is 1.43 bits per heavy atom. The molecule has 0 aliphatic heterocycles. The molecule has 0 saturated heterocycles. The van der Waals surface area contributed by atoms with Crippen molar-refractivity contribution in [3.05, 3.63) is 11.1 Å². The molecule has 1 aliphatic carbocycles. The lowest BCUT2D eigenvalue weighted by Crippen LogP contribution is -2.15. The Morgan fingerprint density at radius 2 is 2.14 bits per heavy atom. The van der Waals surface area contributed by atoms with Gasteiger partial charge in [-0.05, 0) is 50.9 Å². The molecule has 0 saturated carbocycles. The van der Waals surface area contributed by atoms with E-state index in [4.69, 9.17) is 5.11 Å². The van der Waals surface area contributed by atoms with Crippen molar-refractivity contribution < 1.29 is 5.11 Å². The van der Waals surface area contributed by atoms with Gasteiger partial charge in [0.25, 0.3) is 0 Å². The van der Waals surface area contributed by atoms with Crippen molar-refractivity contribution >= 4 is 0 Å². The lowest BCUT2D eigenvalue weighted by Gasteiger charge is -2.28. The molecule has 0 bridgehead atoms. The quantitative estimate of drug-likeness (QED) is 0.682. The standard InChI is InChI=1S/C13H24O/c1-10(2)13-7-6-12(5-4-8-14)11(3)9-13/h10,13-14H,4-9H2,1-3H3/t13-/m1/s1. The lowest BCUT2D eigenvalue weighted by atomic mass is 9.78. The van der Waals surface area contributed by atoms with Gasteiger partial charge in [-0.25, -0.2) is 0 Å². The summed E-state index contributed by atoms with van der Waals surface area (Å²) in [7, 11) is 0. The molecule has 0 spiro atoms. The smallest absolute Gasteiger partial charge is 0.0434 e. The van der Waals surface area contributed by atoms with Gasteiger partial charge in [-0.3, -0.25) is 0 Å². The van der Waals surface area contributed by atoms with E-state index in [-0.39, 0.29) is 0 Å². The Kier molecular flexibility index (Phi) is 4.67. The summed E-state index contributed by atoms with van der Waals surface area (Å²) < 4.78 is 0. The van der Waals surface area contributed by atoms with Gasteiger partial charge in [0.05, 0.1) is 0 Å². The van der Waals surface area contributed by atoms with Crippen LogP contribution in [0.1, 0.15) is 52.9 Å². The highest BCUT2D eigenvalue weighted by atomic mass is 16.2. The first kappa shape index (κ1) is 11.8. The Balaban J connectivity index is 2.49. The maximum atomic E-state index is 8.80. The Labute approximate surface area is 88.2 Å². The van der Waals surface area contributed by atoms with Crippen LogP contribution in [0.2, 0.25) is 0 Å². The molecule has 0 radical (unpaired) electrons. The molecule has 1 nitrogen and oxygen atoms in total. The van der Waals surface area contributed by atoms with Crippen molar-refractivity contribution in [2.24, 2.45) is 11.8 Å². The van der Waals surface area contributed by atoms with Crippen LogP contribution < -0.4 is 0 Å². The third-order valence-corrected chi connectivity index (χ3v) is 3.57. The van der Waals surface area contributed by atoms with Crippen LogP contribution in [-0.4, -0.2) is 11.7 Å². The second-order valence-electron chi connectivity index (χ2n) is 4.96. The average Bonchev–Trinajstić information content (AvgIpc) is 2.15. The van der Waals surface area contributed by atoms with Crippen LogP contribution in [0.4, 0.5) is 0 Å². The Hall–Kier alpha value is -0.300. The van der Waals surface area contributed by atoms with Crippen LogP contribution in [0.15, 0.2) is 11.1 Å². The van der Waals surface area contributed by atoms with Gasteiger partial charge in [0, 0.05) is 6.61 Å². The molecule has 1 aliphatic rings. The molecule has 0 amide bonds. The van der Waals surface area contributed by atoms with E-state index < -0.39 is 0 Å². The number of hydrogen-bond donors (Lipinski definition) is 1. The van der Waals surface area contributed by atoms with E-state index in [0.717, 1.165) is 24.7 Å². The first-order chi connectivity index (χ1) is 6.65. The van der Waals surface area contributed by atoms with Gasteiger partial charge in [-0.15, -0.1) is 0 Å². The van der Waals surface area contributed by atoms with Crippen LogP contribution in [0.3, 0.4) is 0 Å². The highest BCUT2D eigenvalue weighted by Crippen LogP contribution is 2.35. The second-order valence-corrected chi connectivity index (χ2v) is 4.96. The van der Waals surface area contributed by atoms with E-state index >= 15 is 0 Å². The minimum Gasteiger partial charge on any atom is -0.396 e. The first-order valence-corrected chi connectivity index (χ1v) is 5.93. The topological polar surface area (TPSA) is 20.2 Å². The molecule has 0 aromatic heterocycles. The summed E-state index contributed by atoms with van der Waals surface area (Å²) in [5.41, 5.74) is 3.22. The van der Waals surface area contributed by atoms with Crippen LogP contribution >= 0.6 is 0 Å². The predicted octanol–water partition coefficient (Wildman–Crippen LogP) is 3.53. The van der Waals surface area contributed by atoms with Crippen molar-refractivity contribution in [2.45, 2.75) is 52.9 Å². The highest BCUT2D eigenvalue weighted by Gasteiger charge is 2.20. The van der Waals surface area contributed by atoms with Gasteiger partial charge in [0.1, 0.15) is 0 Å². The largest absolute Gasteiger partial charge is 0.396 e. The number of hydrogen-bond acceptors (Lipinski definition) is 1. The highest BCUT2D eigenvalue weighted by molar-refractivity contribution is 5.16. The fourth-order valence-electron chi connectivity index (χ4n) is 2.41. The van der Waals surface area contributed by atoms with E-state index in [2.05, 4.69) is 20.8 Å². The number of allylic oxidation sites excluding steroid dienone is 2. The zero-order valence-corrected chi connectivity index (χ0v) is 9.84. The summed E-state index contributed by atoms with van der Waals surface area (Å²) in [5, 5.41) is 8.80. The van der Waals surface area contributed by atoms with Crippen molar-refractivity contribution in [2.75, 3.05) is 6.61 Å². The summed E-state index contributed by atoms with van der Waals surface area (Å²) in [6.45, 7) is 7.28. The van der Waals surface area contributed by atoms with Crippen molar-refractivity contribution in [3.8, 4) is 0 Å². The maximum Gasteiger partial charge on any atom is 0.0434 e. The lowest BCUT2D eigenvalue weighted by molar-refractivity contribution is 0.284. The minimum atomic E-state index is 0.338. The van der Waals surface area contributed by atoms with Gasteiger partial charge in [0.2, 0.25) is 0 Å². The van der Waals surface area contributed by atoms with Gasteiger partial charge in [-0.2, -0.15) is 0 Å². The number of rotatable bonds is 4. The van der Waals surface area contributed by atoms with E-state index in [1.54, 1.807) is 11.1 Å². The third-order valence-electron chi connectivity index (χ3n) is 3.57. The van der Waals surface area contributed by atoms with Crippen molar-refractivity contribution in [1.82, 2.24) is 0 Å². The molecule has 1 heteroatoms. The molecule has 1 N–H and O–H groups in total. The summed E-state index contributed by atoms with van der Waals surface area (Å²) in [4.78, 5) is 0. The van der Waals surface area contributed by atoms with Crippen molar-refractivity contribution in [1.29, 1.82) is 0 Å². The van der Waals surface area contributed by atoms with Crippen LogP contribution in [0, 0.1) is 11.8 Å². The molecule has 14 heavy (non-hydrogen) atoms. The van der Waals surface area contributed by atoms with Crippen LogP contribution in [-0.2, 0) is 0 Å². The van der Waals surface area contributed by atoms with E-state index in [1.165, 1.54) is 19.3 Å². The van der Waals surface area contributed by atoms with Crippen LogP contribution in [0.25, 0.3) is 0 Å². The molecule has 82 valence electrons. The molecule has 1 atom stereocenters. The van der Waals surface area contributed by atoms with Gasteiger partial charge in [0.15, 0.2) is 0 Å². The fraction of sp³-hybridized carbons (Fsp3) is 0.846. The second kappa shape index (κ2) is 5.55. The SMILES string of the molecule is CC1=C(CCCO)CC[C@@H](C(C)C)C1. The summed E-state index contributed by atoms with van der Waals surface area (Å²) in [6.07, 6.45) is 5.98. The zero-order chi connectivity index (χ0) is 10.6. The van der Waals surface area contributed by atoms with E-state index in [0.29, 0.717) is 6.61 Å². The summed E-state index contributed by atoms with van der Waals surface area (Å²) in [6, 6.07) is 0. The van der Waals surface area contributed by atoms with Gasteiger partial charge >= 0.3 is 0 Å². The molecular formula is C13H24O. The number of aliphatic hydroxyl groups excluding tert-OH is 1. The molecule has 0 heterocycles. The normalized spacial score (nSPS) is 23.4. The molecule has 0 unspecified atom stereocenters. The predicted molar refractivity (Wildman–Crippen MR) is 61.2 cm³/mol. The monoisotopic (exact) mass is 196 g/mol. The van der Waals surface area contributed by atoms with Gasteiger partial charge in [-0.1, -0.05) is 25.0 Å². The molecule has 1 rings (SSSR count). The third kappa shape index (κ3) is 3.13. The molecular weight excluding hydrogens is 172 g/mol. The molecule has 0 aromatic carbocycles. The molecule has 0 aromatic rings. The first-order valence-electron chi connectivity index (χ1n) is 5.93. The number of aliphatic hydroxyl groups is 1.